The van der Waals surface area contributed by atoms with Crippen molar-refractivity contribution in [3.8, 4) is 0 Å². The molecular weight excluding hydrogens is 334 g/mol. The summed E-state index contributed by atoms with van der Waals surface area (Å²) in [7, 11) is 0. The zero-order valence-corrected chi connectivity index (χ0v) is 14.3. The molecule has 4 nitrogen and oxygen atoms in total. The monoisotopic (exact) mass is 351 g/mol. The zero-order chi connectivity index (χ0) is 17.2. The minimum absolute atomic E-state index is 0.00163. The number of esters is 1. The van der Waals surface area contributed by atoms with E-state index >= 15 is 0 Å². The first-order valence-corrected chi connectivity index (χ1v) is 9.12. The molecule has 2 aromatic carbocycles. The first-order chi connectivity index (χ1) is 12.2. The Bertz CT molecular complexity index is 819. The van der Waals surface area contributed by atoms with Crippen LogP contribution in [0.5, 0.6) is 0 Å². The van der Waals surface area contributed by atoms with Crippen LogP contribution in [0.3, 0.4) is 0 Å². The van der Waals surface area contributed by atoms with Gasteiger partial charge in [-0.15, -0.1) is 11.8 Å². The second-order valence-corrected chi connectivity index (χ2v) is 7.09. The number of nitrogens with zero attached hydrogens (tertiary/aromatic N) is 1. The highest BCUT2D eigenvalue weighted by Crippen LogP contribution is 2.46. The Morgan fingerprint density at radius 3 is 2.32 bits per heavy atom. The number of thioether (sulfide) groups is 1. The lowest BCUT2D eigenvalue weighted by Gasteiger charge is -2.42. The van der Waals surface area contributed by atoms with Gasteiger partial charge in [0.25, 0.3) is 0 Å². The molecule has 126 valence electrons. The van der Waals surface area contributed by atoms with Crippen LogP contribution < -0.4 is 0 Å². The van der Waals surface area contributed by atoms with Crippen molar-refractivity contribution in [3.63, 3.8) is 0 Å². The van der Waals surface area contributed by atoms with Crippen molar-refractivity contribution in [1.82, 2.24) is 4.90 Å². The highest BCUT2D eigenvalue weighted by molar-refractivity contribution is 8.03. The Morgan fingerprint density at radius 2 is 1.64 bits per heavy atom. The van der Waals surface area contributed by atoms with E-state index in [0.717, 1.165) is 11.1 Å². The predicted octanol–water partition coefficient (Wildman–Crippen LogP) is 3.35. The smallest absolute Gasteiger partial charge is 0.355 e. The molecule has 0 spiro atoms. The van der Waals surface area contributed by atoms with Crippen molar-refractivity contribution in [2.75, 3.05) is 0 Å². The number of rotatable bonds is 5. The summed E-state index contributed by atoms with van der Waals surface area (Å²) in [5.41, 5.74) is 2.43. The molecule has 1 amide bonds. The summed E-state index contributed by atoms with van der Waals surface area (Å²) in [6, 6.07) is 19.5. The van der Waals surface area contributed by atoms with Gasteiger partial charge < -0.3 is 4.74 Å². The molecule has 4 rings (SSSR count). The van der Waals surface area contributed by atoms with E-state index in [0.29, 0.717) is 12.1 Å². The Hall–Kier alpha value is -2.53. The van der Waals surface area contributed by atoms with Crippen LogP contribution in [-0.4, -0.2) is 22.2 Å². The number of hydrogen-bond donors (Lipinski definition) is 0. The molecule has 1 fully saturated rings. The van der Waals surface area contributed by atoms with Gasteiger partial charge in [0.2, 0.25) is 5.91 Å². The van der Waals surface area contributed by atoms with E-state index in [9.17, 15) is 9.59 Å². The van der Waals surface area contributed by atoms with Gasteiger partial charge in [-0.25, -0.2) is 4.79 Å². The third-order valence-corrected chi connectivity index (χ3v) is 5.63. The number of carbonyl (C=O) groups is 2. The van der Waals surface area contributed by atoms with Gasteiger partial charge in [-0.3, -0.25) is 9.69 Å². The van der Waals surface area contributed by atoms with Gasteiger partial charge in [-0.05, 0) is 17.5 Å². The van der Waals surface area contributed by atoms with Crippen LogP contribution in [0.2, 0.25) is 0 Å². The maximum atomic E-state index is 12.5. The second kappa shape index (κ2) is 6.76. The zero-order valence-electron chi connectivity index (χ0n) is 13.5. The highest BCUT2D eigenvalue weighted by Gasteiger charge is 2.53. The molecule has 1 saturated heterocycles. The topological polar surface area (TPSA) is 46.6 Å². The molecule has 0 aliphatic carbocycles. The minimum Gasteiger partial charge on any atom is -0.456 e. The first kappa shape index (κ1) is 16.0. The summed E-state index contributed by atoms with van der Waals surface area (Å²) < 4.78 is 5.35. The van der Waals surface area contributed by atoms with Gasteiger partial charge >= 0.3 is 5.97 Å². The summed E-state index contributed by atoms with van der Waals surface area (Å²) >= 11 is 1.52. The second-order valence-electron chi connectivity index (χ2n) is 6.10. The van der Waals surface area contributed by atoms with Crippen LogP contribution in [0.4, 0.5) is 0 Å². The van der Waals surface area contributed by atoms with Gasteiger partial charge in [-0.2, -0.15) is 0 Å². The van der Waals surface area contributed by atoms with Gasteiger partial charge in [0.15, 0.2) is 0 Å². The molecule has 2 aliphatic rings. The quantitative estimate of drug-likeness (QED) is 0.612. The van der Waals surface area contributed by atoms with Crippen LogP contribution in [0.1, 0.15) is 11.1 Å². The average Bonchev–Trinajstić information content (AvgIpc) is 3.06. The number of ether oxygens (including phenoxy) is 1. The van der Waals surface area contributed by atoms with E-state index in [-0.39, 0.29) is 23.8 Å². The molecule has 25 heavy (non-hydrogen) atoms. The Morgan fingerprint density at radius 1 is 1.00 bits per heavy atom. The maximum Gasteiger partial charge on any atom is 0.355 e. The van der Waals surface area contributed by atoms with E-state index in [1.165, 1.54) is 11.8 Å². The Balaban J connectivity index is 1.37. The number of hydrogen-bond acceptors (Lipinski definition) is 4. The van der Waals surface area contributed by atoms with Crippen LogP contribution in [-0.2, 0) is 27.4 Å². The summed E-state index contributed by atoms with van der Waals surface area (Å²) in [5, 5.41) is 1.76. The van der Waals surface area contributed by atoms with E-state index in [1.54, 1.807) is 10.3 Å². The van der Waals surface area contributed by atoms with Gasteiger partial charge in [0.05, 0.1) is 11.3 Å². The minimum atomic E-state index is -0.439. The fourth-order valence-electron chi connectivity index (χ4n) is 3.13. The molecular formula is C20H17NO3S. The lowest BCUT2D eigenvalue weighted by Crippen LogP contribution is -2.58. The van der Waals surface area contributed by atoms with E-state index in [1.807, 2.05) is 60.7 Å². The molecule has 0 N–H and O–H groups in total. The third-order valence-electron chi connectivity index (χ3n) is 4.45. The fraction of sp³-hybridized carbons (Fsp3) is 0.200. The standard InChI is InChI=1S/C20H17NO3S/c22-18-16(11-14-7-3-1-4-8-14)19-21(18)17(13-25-19)20(23)24-12-15-9-5-2-6-10-15/h1-10,13,16,19H,11-12H2/t16-,19-/m0/s1. The maximum absolute atomic E-state index is 12.5. The summed E-state index contributed by atoms with van der Waals surface area (Å²) in [6.07, 6.45) is 0.702. The number of benzene rings is 2. The molecule has 2 aliphatic heterocycles. The molecule has 2 atom stereocenters. The van der Waals surface area contributed by atoms with Crippen molar-refractivity contribution in [2.45, 2.75) is 18.4 Å². The van der Waals surface area contributed by atoms with Crippen LogP contribution in [0.15, 0.2) is 71.8 Å². The van der Waals surface area contributed by atoms with Crippen molar-refractivity contribution in [2.24, 2.45) is 5.92 Å². The van der Waals surface area contributed by atoms with Crippen LogP contribution in [0.25, 0.3) is 0 Å². The molecule has 2 aromatic rings. The summed E-state index contributed by atoms with van der Waals surface area (Å²) in [6.45, 7) is 0.210. The first-order valence-electron chi connectivity index (χ1n) is 8.18. The highest BCUT2D eigenvalue weighted by atomic mass is 32.2. The van der Waals surface area contributed by atoms with E-state index in [2.05, 4.69) is 0 Å². The summed E-state index contributed by atoms with van der Waals surface area (Å²) in [4.78, 5) is 26.4. The number of carbonyl (C=O) groups excluding carboxylic acids is 2. The van der Waals surface area contributed by atoms with E-state index in [4.69, 9.17) is 4.74 Å². The van der Waals surface area contributed by atoms with Crippen molar-refractivity contribution >= 4 is 23.6 Å². The van der Waals surface area contributed by atoms with Crippen molar-refractivity contribution < 1.29 is 14.3 Å². The van der Waals surface area contributed by atoms with Gasteiger partial charge in [-0.1, -0.05) is 60.7 Å². The number of amides is 1. The average molecular weight is 351 g/mol. The predicted molar refractivity (Wildman–Crippen MR) is 96.2 cm³/mol. The molecule has 0 unspecified atom stereocenters. The lowest BCUT2D eigenvalue weighted by atomic mass is 9.90. The molecule has 0 bridgehead atoms. The lowest BCUT2D eigenvalue weighted by molar-refractivity contribution is -0.154. The molecule has 0 aromatic heterocycles. The van der Waals surface area contributed by atoms with Gasteiger partial charge in [0, 0.05) is 5.41 Å². The molecule has 5 heteroatoms. The van der Waals surface area contributed by atoms with Crippen molar-refractivity contribution in [3.05, 3.63) is 82.9 Å². The SMILES string of the molecule is O=C(OCc1ccccc1)C1=CS[C@H]2[C@@H](Cc3ccccc3)C(=O)N12. The molecule has 0 radical (unpaired) electrons. The van der Waals surface area contributed by atoms with Gasteiger partial charge in [0.1, 0.15) is 12.3 Å². The Labute approximate surface area is 150 Å². The molecule has 0 saturated carbocycles. The van der Waals surface area contributed by atoms with E-state index < -0.39 is 5.97 Å². The molecule has 2 heterocycles. The Kier molecular flexibility index (Phi) is 4.32. The van der Waals surface area contributed by atoms with Crippen LogP contribution in [0, 0.1) is 5.92 Å². The number of β-lactam (4-membered cyclic amide) rings is 1. The van der Waals surface area contributed by atoms with Crippen LogP contribution >= 0.6 is 11.8 Å². The third kappa shape index (κ3) is 3.07. The van der Waals surface area contributed by atoms with Crippen molar-refractivity contribution in [1.29, 1.82) is 0 Å². The normalized spacial score (nSPS) is 21.4. The largest absolute Gasteiger partial charge is 0.456 e. The fourth-order valence-corrected chi connectivity index (χ4v) is 4.35. The summed E-state index contributed by atoms with van der Waals surface area (Å²) in [5.74, 6) is -0.518. The number of fused-ring (bicyclic) bond motifs is 1.